The van der Waals surface area contributed by atoms with E-state index in [0.717, 1.165) is 17.8 Å². The molecule has 0 amide bonds. The maximum atomic E-state index is 10.9. The number of rotatable bonds is 4. The molecule has 0 aromatic heterocycles. The smallest absolute Gasteiger partial charge is 0.335 e. The molecule has 0 aliphatic carbocycles. The van der Waals surface area contributed by atoms with Gasteiger partial charge < -0.3 is 10.0 Å². The molecule has 0 aliphatic rings. The number of carbonyl (C=O) groups is 1. The Morgan fingerprint density at radius 3 is 2.44 bits per heavy atom. The van der Waals surface area contributed by atoms with Crippen LogP contribution in [0.1, 0.15) is 36.7 Å². The van der Waals surface area contributed by atoms with Crippen molar-refractivity contribution in [3.8, 4) is 0 Å². The van der Waals surface area contributed by atoms with Gasteiger partial charge in [0.2, 0.25) is 0 Å². The van der Waals surface area contributed by atoms with Gasteiger partial charge in [0.25, 0.3) is 0 Å². The second-order valence-corrected chi connectivity index (χ2v) is 5.38. The summed E-state index contributed by atoms with van der Waals surface area (Å²) in [5, 5.41) is 8.97. The van der Waals surface area contributed by atoms with Crippen molar-refractivity contribution in [1.29, 1.82) is 0 Å². The monoisotopic (exact) mass is 247 g/mol. The van der Waals surface area contributed by atoms with E-state index in [-0.39, 0.29) is 5.54 Å². The molecule has 0 atom stereocenters. The van der Waals surface area contributed by atoms with Crippen molar-refractivity contribution >= 4 is 11.7 Å². The first-order valence-electron chi connectivity index (χ1n) is 6.00. The highest BCUT2D eigenvalue weighted by molar-refractivity contribution is 5.88. The van der Waals surface area contributed by atoms with Crippen molar-refractivity contribution in [2.45, 2.75) is 33.2 Å². The molecule has 0 radical (unpaired) electrons. The first kappa shape index (κ1) is 14.3. The molecule has 3 heteroatoms. The van der Waals surface area contributed by atoms with E-state index in [0.29, 0.717) is 5.56 Å². The van der Waals surface area contributed by atoms with Crippen molar-refractivity contribution in [3.63, 3.8) is 0 Å². The number of nitrogens with zero attached hydrogens (tertiary/aromatic N) is 1. The number of hydrogen-bond acceptors (Lipinski definition) is 2. The molecule has 1 N–H and O–H groups in total. The van der Waals surface area contributed by atoms with Crippen LogP contribution in [0.5, 0.6) is 0 Å². The highest BCUT2D eigenvalue weighted by Gasteiger charge is 2.22. The summed E-state index contributed by atoms with van der Waals surface area (Å²) in [4.78, 5) is 13.1. The minimum absolute atomic E-state index is 0.0380. The van der Waals surface area contributed by atoms with Crippen molar-refractivity contribution in [2.75, 3.05) is 11.4 Å². The van der Waals surface area contributed by atoms with Gasteiger partial charge in [-0.1, -0.05) is 6.08 Å². The molecular formula is C15H21NO2. The Labute approximate surface area is 109 Å². The lowest BCUT2D eigenvalue weighted by Crippen LogP contribution is -2.42. The molecule has 1 aromatic rings. The average Bonchev–Trinajstić information content (AvgIpc) is 2.24. The van der Waals surface area contributed by atoms with Gasteiger partial charge in [-0.25, -0.2) is 4.79 Å². The lowest BCUT2D eigenvalue weighted by atomic mass is 10.0. The number of aryl methyl sites for hydroxylation is 1. The highest BCUT2D eigenvalue weighted by atomic mass is 16.4. The zero-order valence-corrected chi connectivity index (χ0v) is 11.5. The minimum Gasteiger partial charge on any atom is -0.478 e. The van der Waals surface area contributed by atoms with Gasteiger partial charge in [0.15, 0.2) is 0 Å². The number of hydrogen-bond donors (Lipinski definition) is 1. The van der Waals surface area contributed by atoms with Crippen LogP contribution in [-0.4, -0.2) is 23.2 Å². The first-order chi connectivity index (χ1) is 8.27. The largest absolute Gasteiger partial charge is 0.478 e. The minimum atomic E-state index is -0.893. The van der Waals surface area contributed by atoms with E-state index in [1.807, 2.05) is 19.1 Å². The SMILES string of the molecule is C=CCN(c1ccc(C(=O)O)cc1C)C(C)(C)C. The molecule has 3 nitrogen and oxygen atoms in total. The molecule has 0 saturated carbocycles. The van der Waals surface area contributed by atoms with Crippen LogP contribution in [0, 0.1) is 6.92 Å². The first-order valence-corrected chi connectivity index (χ1v) is 6.00. The van der Waals surface area contributed by atoms with Crippen LogP contribution < -0.4 is 4.90 Å². The molecular weight excluding hydrogens is 226 g/mol. The van der Waals surface area contributed by atoms with E-state index in [2.05, 4.69) is 32.3 Å². The number of aromatic carboxylic acids is 1. The van der Waals surface area contributed by atoms with E-state index in [1.165, 1.54) is 0 Å². The molecule has 0 saturated heterocycles. The summed E-state index contributed by atoms with van der Waals surface area (Å²) < 4.78 is 0. The van der Waals surface area contributed by atoms with Crippen molar-refractivity contribution < 1.29 is 9.90 Å². The Kier molecular flexibility index (Phi) is 4.17. The average molecular weight is 247 g/mol. The molecule has 0 heterocycles. The Morgan fingerprint density at radius 1 is 1.44 bits per heavy atom. The Morgan fingerprint density at radius 2 is 2.06 bits per heavy atom. The summed E-state index contributed by atoms with van der Waals surface area (Å²) in [5.41, 5.74) is 2.30. The number of anilines is 1. The van der Waals surface area contributed by atoms with Gasteiger partial charge in [0.1, 0.15) is 0 Å². The second-order valence-electron chi connectivity index (χ2n) is 5.38. The lowest BCUT2D eigenvalue weighted by Gasteiger charge is -2.38. The summed E-state index contributed by atoms with van der Waals surface area (Å²) in [5.74, 6) is -0.893. The maximum Gasteiger partial charge on any atom is 0.335 e. The fourth-order valence-corrected chi connectivity index (χ4v) is 1.95. The predicted octanol–water partition coefficient (Wildman–Crippen LogP) is 3.48. The normalized spacial score (nSPS) is 11.1. The van der Waals surface area contributed by atoms with Crippen molar-refractivity contribution in [2.24, 2.45) is 0 Å². The number of benzene rings is 1. The number of carboxylic acids is 1. The van der Waals surface area contributed by atoms with Gasteiger partial charge in [-0.05, 0) is 51.5 Å². The second kappa shape index (κ2) is 5.25. The van der Waals surface area contributed by atoms with E-state index in [4.69, 9.17) is 5.11 Å². The standard InChI is InChI=1S/C15H21NO2/c1-6-9-16(15(3,4)5)13-8-7-12(14(17)18)10-11(13)2/h6-8,10H,1,9H2,2-5H3,(H,17,18). The van der Waals surface area contributed by atoms with Crippen LogP contribution >= 0.6 is 0 Å². The van der Waals surface area contributed by atoms with E-state index >= 15 is 0 Å². The Balaban J connectivity index is 3.22. The quantitative estimate of drug-likeness (QED) is 0.828. The molecule has 1 rings (SSSR count). The van der Waals surface area contributed by atoms with Gasteiger partial charge in [-0.15, -0.1) is 6.58 Å². The van der Waals surface area contributed by atoms with Crippen LogP contribution in [0.2, 0.25) is 0 Å². The molecule has 1 aromatic carbocycles. The van der Waals surface area contributed by atoms with Crippen LogP contribution in [-0.2, 0) is 0 Å². The lowest BCUT2D eigenvalue weighted by molar-refractivity contribution is 0.0697. The van der Waals surface area contributed by atoms with Gasteiger partial charge in [0.05, 0.1) is 5.56 Å². The molecule has 0 bridgehead atoms. The van der Waals surface area contributed by atoms with Crippen LogP contribution in [0.15, 0.2) is 30.9 Å². The van der Waals surface area contributed by atoms with Crippen LogP contribution in [0.4, 0.5) is 5.69 Å². The zero-order chi connectivity index (χ0) is 13.9. The summed E-state index contributed by atoms with van der Waals surface area (Å²) in [7, 11) is 0. The number of carboxylic acid groups (broad SMARTS) is 1. The third kappa shape index (κ3) is 3.13. The molecule has 0 unspecified atom stereocenters. The molecule has 98 valence electrons. The van der Waals surface area contributed by atoms with E-state index < -0.39 is 5.97 Å². The van der Waals surface area contributed by atoms with Gasteiger partial charge in [-0.3, -0.25) is 0 Å². The van der Waals surface area contributed by atoms with E-state index in [1.54, 1.807) is 12.1 Å². The summed E-state index contributed by atoms with van der Waals surface area (Å²) in [6.45, 7) is 12.8. The molecule has 18 heavy (non-hydrogen) atoms. The van der Waals surface area contributed by atoms with Gasteiger partial charge >= 0.3 is 5.97 Å². The van der Waals surface area contributed by atoms with Crippen LogP contribution in [0.25, 0.3) is 0 Å². The fourth-order valence-electron chi connectivity index (χ4n) is 1.95. The highest BCUT2D eigenvalue weighted by Crippen LogP contribution is 2.27. The van der Waals surface area contributed by atoms with Crippen molar-refractivity contribution in [1.82, 2.24) is 0 Å². The topological polar surface area (TPSA) is 40.5 Å². The third-order valence-electron chi connectivity index (χ3n) is 2.86. The zero-order valence-electron chi connectivity index (χ0n) is 11.5. The Hall–Kier alpha value is -1.77. The van der Waals surface area contributed by atoms with Crippen LogP contribution in [0.3, 0.4) is 0 Å². The summed E-state index contributed by atoms with van der Waals surface area (Å²) in [6.07, 6.45) is 1.86. The summed E-state index contributed by atoms with van der Waals surface area (Å²) in [6, 6.07) is 5.22. The fraction of sp³-hybridized carbons (Fsp3) is 0.400. The predicted molar refractivity (Wildman–Crippen MR) is 75.4 cm³/mol. The molecule has 0 aliphatic heterocycles. The van der Waals surface area contributed by atoms with E-state index in [9.17, 15) is 4.79 Å². The summed E-state index contributed by atoms with van der Waals surface area (Å²) >= 11 is 0. The van der Waals surface area contributed by atoms with Gasteiger partial charge in [0, 0.05) is 17.8 Å². The van der Waals surface area contributed by atoms with Crippen molar-refractivity contribution in [3.05, 3.63) is 42.0 Å². The molecule has 0 fully saturated rings. The maximum absolute atomic E-state index is 10.9. The molecule has 0 spiro atoms. The Bertz CT molecular complexity index is 458. The third-order valence-corrected chi connectivity index (χ3v) is 2.86. The van der Waals surface area contributed by atoms with Gasteiger partial charge in [-0.2, -0.15) is 0 Å².